The van der Waals surface area contributed by atoms with Crippen molar-refractivity contribution < 1.29 is 47.6 Å². The predicted octanol–water partition coefficient (Wildman–Crippen LogP) is -0.319. The largest absolute Gasteiger partial charge is 0.481 e. The van der Waals surface area contributed by atoms with Crippen molar-refractivity contribution in [2.75, 3.05) is 6.61 Å². The quantitative estimate of drug-likeness (QED) is 0.387. The molecule has 1 heterocycles. The van der Waals surface area contributed by atoms with E-state index in [1.165, 1.54) is 20.8 Å². The van der Waals surface area contributed by atoms with Crippen molar-refractivity contribution in [3.05, 3.63) is 0 Å². The highest BCUT2D eigenvalue weighted by Crippen LogP contribution is 2.55. The number of hydrogen-bond donors (Lipinski definition) is 5. The molecule has 1 saturated heterocycles. The van der Waals surface area contributed by atoms with Crippen LogP contribution in [-0.4, -0.2) is 62.7 Å². The van der Waals surface area contributed by atoms with E-state index in [0.717, 1.165) is 0 Å². The number of aliphatic hydroxyl groups is 2. The Kier molecular flexibility index (Phi) is 5.98. The summed E-state index contributed by atoms with van der Waals surface area (Å²) in [7, 11) is 0. The predicted molar refractivity (Wildman–Crippen MR) is 83.8 cm³/mol. The molecule has 1 aliphatic heterocycles. The van der Waals surface area contributed by atoms with Crippen LogP contribution >= 0.6 is 0 Å². The van der Waals surface area contributed by atoms with Gasteiger partial charge in [-0.25, -0.2) is 4.79 Å². The van der Waals surface area contributed by atoms with Gasteiger partial charge in [0.25, 0.3) is 5.79 Å². The lowest BCUT2D eigenvalue weighted by molar-refractivity contribution is -0.471. The summed E-state index contributed by atoms with van der Waals surface area (Å²) < 4.78 is 50.3. The number of esters is 1. The molecule has 12 heteroatoms. The average molecular weight is 402 g/mol. The van der Waals surface area contributed by atoms with Gasteiger partial charge in [0.05, 0.1) is 12.1 Å². The molecule has 1 aliphatic rings. The normalized spacial score (nSPS) is 40.1. The van der Waals surface area contributed by atoms with Gasteiger partial charge in [0, 0.05) is 0 Å². The van der Waals surface area contributed by atoms with E-state index in [2.05, 4.69) is 9.47 Å². The second-order valence-electron chi connectivity index (χ2n) is 7.24. The molecule has 0 bridgehead atoms. The summed E-state index contributed by atoms with van der Waals surface area (Å²) >= 11 is 0. The molecular weight excluding hydrogens is 377 g/mol. The molecule has 0 amide bonds. The lowest BCUT2D eigenvalue weighted by Crippen LogP contribution is -2.92. The number of rotatable bonds is 5. The van der Waals surface area contributed by atoms with Crippen LogP contribution in [0.15, 0.2) is 0 Å². The highest BCUT2D eigenvalue weighted by molar-refractivity contribution is 5.87. The van der Waals surface area contributed by atoms with E-state index in [1.807, 2.05) is 0 Å². The van der Waals surface area contributed by atoms with E-state index in [-0.39, 0.29) is 0 Å². The van der Waals surface area contributed by atoms with Crippen molar-refractivity contribution in [1.29, 1.82) is 0 Å². The van der Waals surface area contributed by atoms with E-state index in [4.69, 9.17) is 11.5 Å². The van der Waals surface area contributed by atoms with E-state index in [9.17, 15) is 38.1 Å². The third kappa shape index (κ3) is 3.29. The topological polar surface area (TPSA) is 165 Å². The Hall–Kier alpha value is -1.47. The van der Waals surface area contributed by atoms with Gasteiger partial charge in [-0.15, -0.1) is 0 Å². The van der Waals surface area contributed by atoms with Crippen molar-refractivity contribution in [2.24, 2.45) is 23.3 Å². The van der Waals surface area contributed by atoms with Crippen LogP contribution in [0.1, 0.15) is 34.1 Å². The van der Waals surface area contributed by atoms with Gasteiger partial charge >= 0.3 is 18.1 Å². The molecule has 0 aliphatic carbocycles. The van der Waals surface area contributed by atoms with Crippen LogP contribution in [0.5, 0.6) is 0 Å². The zero-order valence-electron chi connectivity index (χ0n) is 15.3. The summed E-state index contributed by atoms with van der Waals surface area (Å²) in [6, 6.07) is 0. The third-order valence-electron chi connectivity index (χ3n) is 4.65. The monoisotopic (exact) mass is 402 g/mol. The van der Waals surface area contributed by atoms with E-state index < -0.39 is 65.6 Å². The zero-order chi connectivity index (χ0) is 21.6. The first-order valence-corrected chi connectivity index (χ1v) is 8.11. The standard InChI is InChI=1S/C15H25F3N2O7/c1-5-26-10(23)13(20)12(19,6-7(2)3)8(9(21)22)11(4,24)27-14(13,25)15(16,17)18/h7-8,24-25H,5-6,19-20H2,1-4H3,(H,21,22). The number of carbonyl (C=O) groups excluding carboxylic acids is 1. The summed E-state index contributed by atoms with van der Waals surface area (Å²) in [5.74, 6) is -14.2. The first-order valence-electron chi connectivity index (χ1n) is 8.11. The van der Waals surface area contributed by atoms with Crippen LogP contribution in [0.4, 0.5) is 13.2 Å². The number of nitrogens with two attached hydrogens (primary N) is 2. The highest BCUT2D eigenvalue weighted by Gasteiger charge is 2.84. The van der Waals surface area contributed by atoms with Crippen molar-refractivity contribution >= 4 is 11.9 Å². The maximum atomic E-state index is 13.8. The van der Waals surface area contributed by atoms with E-state index in [1.54, 1.807) is 0 Å². The molecule has 27 heavy (non-hydrogen) atoms. The van der Waals surface area contributed by atoms with Gasteiger partial charge < -0.3 is 36.3 Å². The van der Waals surface area contributed by atoms with Crippen LogP contribution < -0.4 is 11.5 Å². The van der Waals surface area contributed by atoms with Gasteiger partial charge in [-0.1, -0.05) is 13.8 Å². The van der Waals surface area contributed by atoms with E-state index in [0.29, 0.717) is 6.92 Å². The zero-order valence-corrected chi connectivity index (χ0v) is 15.3. The maximum Gasteiger partial charge on any atom is 0.445 e. The molecule has 9 nitrogen and oxygen atoms in total. The second kappa shape index (κ2) is 6.85. The Morgan fingerprint density at radius 3 is 2.07 bits per heavy atom. The number of hydrogen-bond acceptors (Lipinski definition) is 8. The fraction of sp³-hybridized carbons (Fsp3) is 0.867. The number of carboxylic acid groups (broad SMARTS) is 1. The fourth-order valence-corrected chi connectivity index (χ4v) is 3.72. The number of carbonyl (C=O) groups is 2. The molecule has 1 fully saturated rings. The van der Waals surface area contributed by atoms with Gasteiger partial charge in [-0.2, -0.15) is 13.2 Å². The molecule has 0 spiro atoms. The molecule has 1 rings (SSSR count). The molecule has 5 atom stereocenters. The number of carboxylic acids is 1. The summed E-state index contributed by atoms with van der Waals surface area (Å²) in [6.07, 6.45) is -6.32. The van der Waals surface area contributed by atoms with E-state index >= 15 is 0 Å². The Morgan fingerprint density at radius 1 is 1.26 bits per heavy atom. The van der Waals surface area contributed by atoms with Crippen LogP contribution in [0.25, 0.3) is 0 Å². The second-order valence-corrected chi connectivity index (χ2v) is 7.24. The minimum Gasteiger partial charge on any atom is -0.481 e. The van der Waals surface area contributed by atoms with Crippen LogP contribution in [0.2, 0.25) is 0 Å². The summed E-state index contributed by atoms with van der Waals surface area (Å²) in [4.78, 5) is 24.3. The first kappa shape index (κ1) is 23.6. The smallest absolute Gasteiger partial charge is 0.445 e. The number of alkyl halides is 3. The summed E-state index contributed by atoms with van der Waals surface area (Å²) in [5, 5.41) is 30.3. The van der Waals surface area contributed by atoms with Crippen molar-refractivity contribution in [1.82, 2.24) is 0 Å². The Labute approximate surface area is 153 Å². The SMILES string of the molecule is CCOC(=O)C1(N)C(N)(CC(C)C)C(C(=O)O)C(C)(O)OC1(O)C(F)(F)F. The fourth-order valence-electron chi connectivity index (χ4n) is 3.72. The molecule has 0 aromatic carbocycles. The van der Waals surface area contributed by atoms with Gasteiger partial charge in [0.2, 0.25) is 0 Å². The van der Waals surface area contributed by atoms with Crippen LogP contribution in [0.3, 0.4) is 0 Å². The minimum absolute atomic E-state index is 0.433. The van der Waals surface area contributed by atoms with Gasteiger partial charge in [0.1, 0.15) is 5.92 Å². The molecule has 0 aromatic rings. The molecule has 0 radical (unpaired) electrons. The number of ether oxygens (including phenoxy) is 2. The van der Waals surface area contributed by atoms with Crippen LogP contribution in [0, 0.1) is 11.8 Å². The first-order chi connectivity index (χ1) is 11.9. The molecule has 5 unspecified atom stereocenters. The van der Waals surface area contributed by atoms with Crippen molar-refractivity contribution in [3.8, 4) is 0 Å². The summed E-state index contributed by atoms with van der Waals surface area (Å²) in [6.45, 7) is 4.39. The lowest BCUT2D eigenvalue weighted by Gasteiger charge is -2.61. The van der Waals surface area contributed by atoms with Crippen molar-refractivity contribution in [3.63, 3.8) is 0 Å². The van der Waals surface area contributed by atoms with Crippen molar-refractivity contribution in [2.45, 2.75) is 62.9 Å². The van der Waals surface area contributed by atoms with Gasteiger partial charge in [-0.05, 0) is 26.2 Å². The third-order valence-corrected chi connectivity index (χ3v) is 4.65. The molecular formula is C15H25F3N2O7. The van der Waals surface area contributed by atoms with Gasteiger partial charge in [0.15, 0.2) is 11.3 Å². The molecule has 0 saturated carbocycles. The lowest BCUT2D eigenvalue weighted by atomic mass is 9.58. The molecule has 158 valence electrons. The number of halogens is 3. The maximum absolute atomic E-state index is 13.8. The average Bonchev–Trinajstić information content (AvgIpc) is 2.41. The summed E-state index contributed by atoms with van der Waals surface area (Å²) in [5.41, 5.74) is 5.42. The number of aliphatic carboxylic acids is 1. The minimum atomic E-state index is -5.73. The Bertz CT molecular complexity index is 613. The van der Waals surface area contributed by atoms with Crippen LogP contribution in [-0.2, 0) is 19.1 Å². The molecule has 7 N–H and O–H groups in total. The molecule has 0 aromatic heterocycles. The Balaban J connectivity index is 3.97. The Morgan fingerprint density at radius 2 is 1.74 bits per heavy atom. The highest BCUT2D eigenvalue weighted by atomic mass is 19.4. The van der Waals surface area contributed by atoms with Gasteiger partial charge in [-0.3, -0.25) is 4.79 Å².